The largest absolute Gasteiger partial charge is 0.299 e. The Hall–Kier alpha value is -1.25. The number of nitrogens with two attached hydrogens (primary N) is 1. The minimum Gasteiger partial charge on any atom is -0.299 e. The van der Waals surface area contributed by atoms with Crippen LogP contribution in [-0.2, 0) is 29.9 Å². The van der Waals surface area contributed by atoms with Gasteiger partial charge in [0.1, 0.15) is 0 Å². The molecule has 1 aliphatic rings. The van der Waals surface area contributed by atoms with E-state index >= 15 is 0 Å². The van der Waals surface area contributed by atoms with Crippen LogP contribution < -0.4 is 5.14 Å². The van der Waals surface area contributed by atoms with Crippen molar-refractivity contribution in [2.24, 2.45) is 12.2 Å². The highest BCUT2D eigenvalue weighted by atomic mass is 32.2. The molecule has 102 valence electrons. The number of fused-ring (bicyclic) bond motifs is 1. The topological polar surface area (TPSA) is 90.9 Å². The zero-order chi connectivity index (χ0) is 13.6. The Balaban J connectivity index is 2.08. The van der Waals surface area contributed by atoms with Gasteiger partial charge in [0, 0.05) is 11.9 Å². The third-order valence-corrected chi connectivity index (χ3v) is 5.40. The van der Waals surface area contributed by atoms with Crippen LogP contribution in [-0.4, -0.2) is 23.2 Å². The van der Waals surface area contributed by atoms with Gasteiger partial charge in [-0.25, -0.2) is 13.6 Å². The average Bonchev–Trinajstić information content (AvgIpc) is 2.90. The lowest BCUT2D eigenvalue weighted by Crippen LogP contribution is -2.17. The van der Waals surface area contributed by atoms with Crippen molar-refractivity contribution < 1.29 is 8.42 Å². The SMILES string of the molecule is Cn1c(-c2cc3c(s2)CCCC3)nnc1S(N)(=O)=O. The first kappa shape index (κ1) is 12.8. The smallest absolute Gasteiger partial charge is 0.273 e. The Labute approximate surface area is 115 Å². The van der Waals surface area contributed by atoms with Crippen LogP contribution in [0.3, 0.4) is 0 Å². The summed E-state index contributed by atoms with van der Waals surface area (Å²) in [5, 5.41) is 12.5. The van der Waals surface area contributed by atoms with E-state index in [2.05, 4.69) is 16.3 Å². The second-order valence-corrected chi connectivity index (χ2v) is 7.27. The van der Waals surface area contributed by atoms with Crippen molar-refractivity contribution in [3.8, 4) is 10.7 Å². The van der Waals surface area contributed by atoms with Crippen molar-refractivity contribution in [1.82, 2.24) is 14.8 Å². The number of nitrogens with zero attached hydrogens (tertiary/aromatic N) is 3. The highest BCUT2D eigenvalue weighted by Crippen LogP contribution is 2.35. The van der Waals surface area contributed by atoms with Crippen LogP contribution in [0, 0.1) is 0 Å². The van der Waals surface area contributed by atoms with Crippen LogP contribution in [0.15, 0.2) is 11.2 Å². The molecule has 0 saturated heterocycles. The second-order valence-electron chi connectivity index (χ2n) is 4.68. The van der Waals surface area contributed by atoms with E-state index in [0.29, 0.717) is 5.82 Å². The molecule has 0 bridgehead atoms. The van der Waals surface area contributed by atoms with E-state index in [1.54, 1.807) is 18.4 Å². The van der Waals surface area contributed by atoms with Crippen molar-refractivity contribution >= 4 is 21.4 Å². The highest BCUT2D eigenvalue weighted by molar-refractivity contribution is 7.89. The molecule has 19 heavy (non-hydrogen) atoms. The summed E-state index contributed by atoms with van der Waals surface area (Å²) in [7, 11) is -2.21. The predicted molar refractivity (Wildman–Crippen MR) is 72.3 cm³/mol. The lowest BCUT2D eigenvalue weighted by molar-refractivity contribution is 0.580. The third kappa shape index (κ3) is 2.19. The minimum atomic E-state index is -3.83. The Morgan fingerprint density at radius 3 is 2.68 bits per heavy atom. The van der Waals surface area contributed by atoms with Gasteiger partial charge in [0.15, 0.2) is 5.82 Å². The fourth-order valence-electron chi connectivity index (χ4n) is 2.38. The second kappa shape index (κ2) is 4.39. The van der Waals surface area contributed by atoms with E-state index in [0.717, 1.165) is 17.7 Å². The van der Waals surface area contributed by atoms with E-state index in [1.165, 1.54) is 27.8 Å². The maximum Gasteiger partial charge on any atom is 0.273 e. The molecule has 0 atom stereocenters. The van der Waals surface area contributed by atoms with Gasteiger partial charge in [-0.05, 0) is 37.3 Å². The van der Waals surface area contributed by atoms with Gasteiger partial charge >= 0.3 is 0 Å². The number of rotatable bonds is 2. The third-order valence-electron chi connectivity index (χ3n) is 3.31. The maximum atomic E-state index is 11.4. The summed E-state index contributed by atoms with van der Waals surface area (Å²) >= 11 is 1.67. The highest BCUT2D eigenvalue weighted by Gasteiger charge is 2.22. The first-order chi connectivity index (χ1) is 8.97. The molecular weight excluding hydrogens is 284 g/mol. The molecule has 0 aromatic carbocycles. The molecule has 3 rings (SSSR count). The number of sulfonamides is 1. The van der Waals surface area contributed by atoms with Gasteiger partial charge in [0.2, 0.25) is 0 Å². The van der Waals surface area contributed by atoms with Crippen LogP contribution in [0.4, 0.5) is 0 Å². The average molecular weight is 298 g/mol. The molecule has 0 saturated carbocycles. The molecule has 0 spiro atoms. The zero-order valence-corrected chi connectivity index (χ0v) is 12.1. The van der Waals surface area contributed by atoms with Gasteiger partial charge in [0.25, 0.3) is 15.2 Å². The van der Waals surface area contributed by atoms with Crippen LogP contribution in [0.5, 0.6) is 0 Å². The van der Waals surface area contributed by atoms with E-state index in [9.17, 15) is 8.42 Å². The number of aryl methyl sites for hydroxylation is 2. The van der Waals surface area contributed by atoms with Crippen molar-refractivity contribution in [3.05, 3.63) is 16.5 Å². The van der Waals surface area contributed by atoms with Gasteiger partial charge in [-0.15, -0.1) is 21.5 Å². The molecule has 0 aliphatic heterocycles. The van der Waals surface area contributed by atoms with Crippen molar-refractivity contribution in [1.29, 1.82) is 0 Å². The Kier molecular flexibility index (Phi) is 2.95. The fraction of sp³-hybridized carbons (Fsp3) is 0.455. The minimum absolute atomic E-state index is 0.200. The molecule has 2 heterocycles. The van der Waals surface area contributed by atoms with Gasteiger partial charge in [0.05, 0.1) is 4.88 Å². The summed E-state index contributed by atoms with van der Waals surface area (Å²) in [5.41, 5.74) is 1.35. The molecule has 0 unspecified atom stereocenters. The van der Waals surface area contributed by atoms with E-state index in [4.69, 9.17) is 5.14 Å². The van der Waals surface area contributed by atoms with Crippen LogP contribution >= 0.6 is 11.3 Å². The quantitative estimate of drug-likeness (QED) is 0.897. The van der Waals surface area contributed by atoms with Crippen molar-refractivity contribution in [2.75, 3.05) is 0 Å². The van der Waals surface area contributed by atoms with Crippen molar-refractivity contribution in [3.63, 3.8) is 0 Å². The van der Waals surface area contributed by atoms with Crippen molar-refractivity contribution in [2.45, 2.75) is 30.8 Å². The first-order valence-corrected chi connectivity index (χ1v) is 8.37. The number of primary sulfonamides is 1. The molecule has 1 aliphatic carbocycles. The molecule has 6 nitrogen and oxygen atoms in total. The predicted octanol–water partition coefficient (Wildman–Crippen LogP) is 1.07. The molecule has 0 fully saturated rings. The lowest BCUT2D eigenvalue weighted by Gasteiger charge is -2.08. The van der Waals surface area contributed by atoms with E-state index < -0.39 is 10.0 Å². The molecule has 0 amide bonds. The van der Waals surface area contributed by atoms with E-state index in [1.807, 2.05) is 0 Å². The molecule has 2 N–H and O–H groups in total. The van der Waals surface area contributed by atoms with E-state index in [-0.39, 0.29) is 5.16 Å². The maximum absolute atomic E-state index is 11.4. The van der Waals surface area contributed by atoms with Gasteiger partial charge < -0.3 is 0 Å². The summed E-state index contributed by atoms with van der Waals surface area (Å²) in [5.74, 6) is 0.559. The van der Waals surface area contributed by atoms with Gasteiger partial charge in [-0.1, -0.05) is 0 Å². The molecular formula is C11H14N4O2S2. The van der Waals surface area contributed by atoms with Gasteiger partial charge in [-0.2, -0.15) is 0 Å². The summed E-state index contributed by atoms with van der Waals surface area (Å²) in [6.45, 7) is 0. The number of hydrogen-bond donors (Lipinski definition) is 1. The fourth-order valence-corrected chi connectivity index (χ4v) is 4.28. The Morgan fingerprint density at radius 1 is 1.32 bits per heavy atom. The van der Waals surface area contributed by atoms with Crippen LogP contribution in [0.1, 0.15) is 23.3 Å². The van der Waals surface area contributed by atoms with Crippen LogP contribution in [0.25, 0.3) is 10.7 Å². The first-order valence-electron chi connectivity index (χ1n) is 6.01. The number of hydrogen-bond acceptors (Lipinski definition) is 5. The lowest BCUT2D eigenvalue weighted by atomic mass is 9.99. The summed E-state index contributed by atoms with van der Waals surface area (Å²) in [6, 6.07) is 2.09. The standard InChI is InChI=1S/C11H14N4O2S2/c1-15-10(13-14-11(15)19(12,16)17)9-6-7-4-2-3-5-8(7)18-9/h6H,2-5H2,1H3,(H2,12,16,17). The summed E-state index contributed by atoms with van der Waals surface area (Å²) < 4.78 is 24.1. The Bertz CT molecular complexity index is 706. The normalized spacial score (nSPS) is 15.5. The summed E-state index contributed by atoms with van der Waals surface area (Å²) in [4.78, 5) is 2.33. The number of thiophene rings is 1. The Morgan fingerprint density at radius 2 is 2.05 bits per heavy atom. The van der Waals surface area contributed by atoms with Crippen LogP contribution in [0.2, 0.25) is 0 Å². The molecule has 8 heteroatoms. The number of aromatic nitrogens is 3. The zero-order valence-electron chi connectivity index (χ0n) is 10.5. The molecule has 2 aromatic heterocycles. The summed E-state index contributed by atoms with van der Waals surface area (Å²) in [6.07, 6.45) is 4.62. The van der Waals surface area contributed by atoms with Gasteiger partial charge in [-0.3, -0.25) is 4.57 Å². The monoisotopic (exact) mass is 298 g/mol. The molecule has 0 radical (unpaired) electrons. The molecule has 2 aromatic rings.